The van der Waals surface area contributed by atoms with Gasteiger partial charge in [-0.3, -0.25) is 39.0 Å². The van der Waals surface area contributed by atoms with Crippen molar-refractivity contribution in [2.45, 2.75) is 50.9 Å². The van der Waals surface area contributed by atoms with Crippen LogP contribution in [0.4, 0.5) is 23.1 Å². The maximum absolute atomic E-state index is 13.3. The summed E-state index contributed by atoms with van der Waals surface area (Å²) < 4.78 is 13.3. The SMILES string of the molecule is CC(=O)COc1cc2cc(Nc3nc(N4CC(OC5CCN(c6ccc7c(c6)C(=O)N(C6CCC(=O)NC6=O)C7=O)CC5)C4)ncc3Cl)ccc2n(C)c1=O. The van der Waals surface area contributed by atoms with E-state index in [0.29, 0.717) is 54.2 Å². The summed E-state index contributed by atoms with van der Waals surface area (Å²) in [7, 11) is 1.64. The van der Waals surface area contributed by atoms with Crippen molar-refractivity contribution in [2.75, 3.05) is 47.9 Å². The van der Waals surface area contributed by atoms with Crippen LogP contribution in [0.1, 0.15) is 53.3 Å². The molecule has 1 unspecified atom stereocenters. The normalized spacial score (nSPS) is 19.1. The maximum Gasteiger partial charge on any atom is 0.293 e. The molecule has 3 saturated heterocycles. The quantitative estimate of drug-likeness (QED) is 0.225. The van der Waals surface area contributed by atoms with Gasteiger partial charge in [0.05, 0.1) is 35.0 Å². The number of benzene rings is 2. The van der Waals surface area contributed by atoms with Gasteiger partial charge >= 0.3 is 0 Å². The number of hydrogen-bond acceptors (Lipinski definition) is 13. The van der Waals surface area contributed by atoms with Crippen LogP contribution in [0.3, 0.4) is 0 Å². The molecule has 2 N–H and O–H groups in total. The number of aromatic nitrogens is 3. The number of hydrogen-bond donors (Lipinski definition) is 2. The number of imide groups is 2. The summed E-state index contributed by atoms with van der Waals surface area (Å²) in [5, 5.41) is 6.53. The molecule has 4 amide bonds. The number of anilines is 4. The highest BCUT2D eigenvalue weighted by atomic mass is 35.5. The summed E-state index contributed by atoms with van der Waals surface area (Å²) in [6.07, 6.45) is 3.33. The van der Waals surface area contributed by atoms with E-state index in [1.54, 1.807) is 37.5 Å². The number of ether oxygens (including phenoxy) is 2. The number of pyridine rings is 1. The van der Waals surface area contributed by atoms with E-state index in [-0.39, 0.29) is 59.9 Å². The first kappa shape index (κ1) is 36.1. The molecule has 0 radical (unpaired) electrons. The van der Waals surface area contributed by atoms with Gasteiger partial charge in [0.15, 0.2) is 17.4 Å². The summed E-state index contributed by atoms with van der Waals surface area (Å²) in [5.74, 6) is -1.27. The second-order valence-corrected chi connectivity index (χ2v) is 14.6. The Balaban J connectivity index is 0.850. The maximum atomic E-state index is 13.3. The summed E-state index contributed by atoms with van der Waals surface area (Å²) in [6, 6.07) is 11.3. The van der Waals surface area contributed by atoms with Crippen molar-refractivity contribution in [3.8, 4) is 5.75 Å². The molecule has 55 heavy (non-hydrogen) atoms. The van der Waals surface area contributed by atoms with Crippen molar-refractivity contribution in [1.82, 2.24) is 24.8 Å². The predicted octanol–water partition coefficient (Wildman–Crippen LogP) is 2.97. The number of rotatable bonds is 10. The van der Waals surface area contributed by atoms with Crippen LogP contribution < -0.4 is 30.7 Å². The Morgan fingerprint density at radius 1 is 0.945 bits per heavy atom. The van der Waals surface area contributed by atoms with Crippen molar-refractivity contribution < 1.29 is 33.4 Å². The minimum Gasteiger partial charge on any atom is -0.480 e. The molecule has 4 aliphatic rings. The summed E-state index contributed by atoms with van der Waals surface area (Å²) >= 11 is 6.48. The molecule has 8 rings (SSSR count). The molecule has 4 aromatic rings. The molecule has 0 spiro atoms. The molecule has 2 aromatic carbocycles. The second-order valence-electron chi connectivity index (χ2n) is 14.2. The Morgan fingerprint density at radius 2 is 1.71 bits per heavy atom. The fourth-order valence-corrected chi connectivity index (χ4v) is 7.55. The number of fused-ring (bicyclic) bond motifs is 2. The Labute approximate surface area is 319 Å². The lowest BCUT2D eigenvalue weighted by Gasteiger charge is -2.42. The smallest absolute Gasteiger partial charge is 0.293 e. The van der Waals surface area contributed by atoms with Crippen molar-refractivity contribution in [1.29, 1.82) is 0 Å². The molecule has 0 aliphatic carbocycles. The minimum absolute atomic E-state index is 0.000629. The summed E-state index contributed by atoms with van der Waals surface area (Å²) in [5.41, 5.74) is 2.38. The average Bonchev–Trinajstić information content (AvgIpc) is 3.39. The number of piperidine rings is 2. The first-order valence-corrected chi connectivity index (χ1v) is 18.4. The van der Waals surface area contributed by atoms with Gasteiger partial charge in [-0.1, -0.05) is 11.6 Å². The van der Waals surface area contributed by atoms with Crippen LogP contribution in [0.25, 0.3) is 10.9 Å². The van der Waals surface area contributed by atoms with Crippen LogP contribution in [0.2, 0.25) is 5.02 Å². The monoisotopic (exact) mass is 768 g/mol. The number of ketones is 1. The van der Waals surface area contributed by atoms with Gasteiger partial charge in [0.25, 0.3) is 17.4 Å². The molecular weight excluding hydrogens is 732 g/mol. The molecule has 17 heteroatoms. The lowest BCUT2D eigenvalue weighted by atomic mass is 10.0. The van der Waals surface area contributed by atoms with Crippen molar-refractivity contribution in [2.24, 2.45) is 7.05 Å². The molecule has 1 atom stereocenters. The van der Waals surface area contributed by atoms with Crippen molar-refractivity contribution >= 4 is 75.1 Å². The fraction of sp³-hybridized carbons (Fsp3) is 0.368. The van der Waals surface area contributed by atoms with E-state index >= 15 is 0 Å². The molecular formula is C38H37ClN8O8. The van der Waals surface area contributed by atoms with Gasteiger partial charge in [0.2, 0.25) is 17.8 Å². The highest BCUT2D eigenvalue weighted by Crippen LogP contribution is 2.33. The zero-order valence-corrected chi connectivity index (χ0v) is 30.8. The van der Waals surface area contributed by atoms with Crippen LogP contribution in [0.5, 0.6) is 5.75 Å². The number of aryl methyl sites for hydroxylation is 1. The number of Topliss-reactive ketones (excluding diaryl/α,β-unsaturated/α-hetero) is 1. The van der Waals surface area contributed by atoms with E-state index in [1.165, 1.54) is 11.5 Å². The molecule has 3 fully saturated rings. The molecule has 6 heterocycles. The van der Waals surface area contributed by atoms with Crippen LogP contribution in [-0.4, -0.2) is 99.9 Å². The summed E-state index contributed by atoms with van der Waals surface area (Å²) in [6.45, 7) is 3.82. The standard InChI is InChI=1S/C38H37ClN8O8/c1-20(48)19-54-31-14-21-13-22(3-6-29(21)44(2)37(31)53)41-33-28(39)16-40-38(43-33)46-17-25(18-46)55-24-9-11-45(12-10-24)23-4-5-26-27(15-23)36(52)47(35(26)51)30-7-8-32(49)42-34(30)50/h3-6,13-16,24-25,30H,7-12,17-19H2,1-2H3,(H,40,41,43)(H,42,49,50). The van der Waals surface area contributed by atoms with Gasteiger partial charge in [-0.05, 0) is 68.7 Å². The van der Waals surface area contributed by atoms with Crippen molar-refractivity contribution in [3.05, 3.63) is 75.2 Å². The predicted molar refractivity (Wildman–Crippen MR) is 201 cm³/mol. The van der Waals surface area contributed by atoms with Gasteiger partial charge in [-0.25, -0.2) is 4.98 Å². The van der Waals surface area contributed by atoms with Gasteiger partial charge in [0, 0.05) is 56.4 Å². The second kappa shape index (κ2) is 14.4. The lowest BCUT2D eigenvalue weighted by Crippen LogP contribution is -2.55. The van der Waals surface area contributed by atoms with E-state index in [4.69, 9.17) is 21.1 Å². The molecule has 2 aromatic heterocycles. The number of carbonyl (C=O) groups is 5. The van der Waals surface area contributed by atoms with E-state index in [2.05, 4.69) is 25.5 Å². The molecule has 4 aliphatic heterocycles. The lowest BCUT2D eigenvalue weighted by molar-refractivity contribution is -0.136. The minimum atomic E-state index is -1.000. The van der Waals surface area contributed by atoms with Gasteiger partial charge in [-0.15, -0.1) is 0 Å². The largest absolute Gasteiger partial charge is 0.480 e. The fourth-order valence-electron chi connectivity index (χ4n) is 7.41. The molecule has 284 valence electrons. The van der Waals surface area contributed by atoms with Gasteiger partial charge in [-0.2, -0.15) is 4.98 Å². The average molecular weight is 769 g/mol. The Kier molecular flexibility index (Phi) is 9.47. The zero-order chi connectivity index (χ0) is 38.5. The molecule has 16 nitrogen and oxygen atoms in total. The van der Waals surface area contributed by atoms with Crippen LogP contribution >= 0.6 is 11.6 Å². The third kappa shape index (κ3) is 6.98. The first-order chi connectivity index (χ1) is 26.4. The third-order valence-electron chi connectivity index (χ3n) is 10.4. The van der Waals surface area contributed by atoms with Crippen LogP contribution in [0, 0.1) is 0 Å². The number of nitrogens with one attached hydrogen (secondary N) is 2. The first-order valence-electron chi connectivity index (χ1n) is 18.0. The van der Waals surface area contributed by atoms with Crippen LogP contribution in [-0.2, 0) is 26.2 Å². The number of nitrogens with zero attached hydrogens (tertiary/aromatic N) is 6. The van der Waals surface area contributed by atoms with E-state index in [0.717, 1.165) is 28.8 Å². The van der Waals surface area contributed by atoms with Gasteiger partial charge < -0.3 is 29.2 Å². The zero-order valence-electron chi connectivity index (χ0n) is 30.0. The van der Waals surface area contributed by atoms with E-state index in [9.17, 15) is 28.8 Å². The summed E-state index contributed by atoms with van der Waals surface area (Å²) in [4.78, 5) is 88.8. The topological polar surface area (TPSA) is 185 Å². The van der Waals surface area contributed by atoms with Crippen LogP contribution in [0.15, 0.2) is 53.5 Å². The number of amides is 4. The third-order valence-corrected chi connectivity index (χ3v) is 10.6. The van der Waals surface area contributed by atoms with E-state index < -0.39 is 29.7 Å². The van der Waals surface area contributed by atoms with E-state index in [1.807, 2.05) is 23.1 Å². The molecule has 0 bridgehead atoms. The Hall–Kier alpha value is -5.87. The highest BCUT2D eigenvalue weighted by Gasteiger charge is 2.45. The Bertz CT molecular complexity index is 2340. The molecule has 0 saturated carbocycles. The number of carbonyl (C=O) groups excluding carboxylic acids is 5. The number of halogens is 1. The van der Waals surface area contributed by atoms with Gasteiger partial charge in [0.1, 0.15) is 17.7 Å². The highest BCUT2D eigenvalue weighted by molar-refractivity contribution is 6.33. The Morgan fingerprint density at radius 3 is 2.45 bits per heavy atom. The van der Waals surface area contributed by atoms with Crippen molar-refractivity contribution in [3.63, 3.8) is 0 Å².